The highest BCUT2D eigenvalue weighted by Crippen LogP contribution is 2.28. The van der Waals surface area contributed by atoms with Crippen molar-refractivity contribution >= 4 is 5.91 Å². The molecule has 1 aliphatic carbocycles. The van der Waals surface area contributed by atoms with Crippen molar-refractivity contribution < 1.29 is 9.53 Å². The molecule has 0 aromatic heterocycles. The predicted octanol–water partition coefficient (Wildman–Crippen LogP) is 2.05. The number of ether oxygens (including phenoxy) is 1. The van der Waals surface area contributed by atoms with Gasteiger partial charge in [-0.1, -0.05) is 36.8 Å². The van der Waals surface area contributed by atoms with Gasteiger partial charge in [0.2, 0.25) is 5.91 Å². The zero-order valence-electron chi connectivity index (χ0n) is 13.2. The Morgan fingerprint density at radius 1 is 1.27 bits per heavy atom. The van der Waals surface area contributed by atoms with Gasteiger partial charge in [0.1, 0.15) is 0 Å². The van der Waals surface area contributed by atoms with Gasteiger partial charge < -0.3 is 15.0 Å². The van der Waals surface area contributed by atoms with Crippen molar-refractivity contribution in [3.05, 3.63) is 35.9 Å². The SMILES string of the molecule is O=C(C1CCC1)N1CCNC[C@@H](COCc2ccccc2)C1. The highest BCUT2D eigenvalue weighted by molar-refractivity contribution is 5.79. The van der Waals surface area contributed by atoms with Crippen LogP contribution in [0.25, 0.3) is 0 Å². The van der Waals surface area contributed by atoms with E-state index in [1.165, 1.54) is 12.0 Å². The van der Waals surface area contributed by atoms with Crippen molar-refractivity contribution in [2.45, 2.75) is 25.9 Å². The molecule has 2 fully saturated rings. The van der Waals surface area contributed by atoms with Gasteiger partial charge in [0.15, 0.2) is 0 Å². The Kier molecular flexibility index (Phi) is 5.46. The molecule has 1 aliphatic heterocycles. The fraction of sp³-hybridized carbons (Fsp3) is 0.611. The van der Waals surface area contributed by atoms with Crippen molar-refractivity contribution in [2.24, 2.45) is 11.8 Å². The van der Waals surface area contributed by atoms with Crippen LogP contribution >= 0.6 is 0 Å². The smallest absolute Gasteiger partial charge is 0.225 e. The molecule has 1 atom stereocenters. The average Bonchev–Trinajstić information content (AvgIpc) is 2.72. The van der Waals surface area contributed by atoms with Crippen molar-refractivity contribution in [2.75, 3.05) is 32.8 Å². The van der Waals surface area contributed by atoms with Crippen LogP contribution in [0.4, 0.5) is 0 Å². The summed E-state index contributed by atoms with van der Waals surface area (Å²) in [4.78, 5) is 14.5. The lowest BCUT2D eigenvalue weighted by atomic mass is 9.84. The van der Waals surface area contributed by atoms with Crippen molar-refractivity contribution in [1.82, 2.24) is 10.2 Å². The standard InChI is InChI=1S/C18H26N2O2/c21-18(17-7-4-8-17)20-10-9-19-11-16(12-20)14-22-13-15-5-2-1-3-6-15/h1-3,5-6,16-17,19H,4,7-14H2/t16-/m1/s1. The van der Waals surface area contributed by atoms with Crippen molar-refractivity contribution in [3.8, 4) is 0 Å². The average molecular weight is 302 g/mol. The normalized spacial score (nSPS) is 22.9. The minimum atomic E-state index is 0.295. The van der Waals surface area contributed by atoms with Crippen molar-refractivity contribution in [1.29, 1.82) is 0 Å². The first-order chi connectivity index (χ1) is 10.8. The highest BCUT2D eigenvalue weighted by Gasteiger charge is 2.31. The van der Waals surface area contributed by atoms with E-state index in [9.17, 15) is 4.79 Å². The Labute approximate surface area is 132 Å². The predicted molar refractivity (Wildman–Crippen MR) is 86.4 cm³/mol. The molecule has 3 rings (SSSR count). The minimum absolute atomic E-state index is 0.295. The molecular weight excluding hydrogens is 276 g/mol. The minimum Gasteiger partial charge on any atom is -0.376 e. The third-order valence-corrected chi connectivity index (χ3v) is 4.70. The highest BCUT2D eigenvalue weighted by atomic mass is 16.5. The van der Waals surface area contributed by atoms with Crippen LogP contribution < -0.4 is 5.32 Å². The Morgan fingerprint density at radius 2 is 2.09 bits per heavy atom. The van der Waals surface area contributed by atoms with E-state index < -0.39 is 0 Å². The summed E-state index contributed by atoms with van der Waals surface area (Å²) in [6.45, 7) is 4.85. The van der Waals surface area contributed by atoms with Gasteiger partial charge in [0.05, 0.1) is 13.2 Å². The fourth-order valence-corrected chi connectivity index (χ4v) is 3.13. The summed E-state index contributed by atoms with van der Waals surface area (Å²) in [5.41, 5.74) is 1.20. The largest absolute Gasteiger partial charge is 0.376 e. The zero-order chi connectivity index (χ0) is 15.2. The van der Waals surface area contributed by atoms with Gasteiger partial charge in [-0.25, -0.2) is 0 Å². The molecule has 0 radical (unpaired) electrons. The Morgan fingerprint density at radius 3 is 2.82 bits per heavy atom. The molecule has 1 saturated heterocycles. The molecule has 1 N–H and O–H groups in total. The topological polar surface area (TPSA) is 41.6 Å². The first kappa shape index (κ1) is 15.5. The second kappa shape index (κ2) is 7.75. The number of nitrogens with zero attached hydrogens (tertiary/aromatic N) is 1. The van der Waals surface area contributed by atoms with E-state index in [0.717, 1.165) is 39.0 Å². The van der Waals surface area contributed by atoms with Gasteiger partial charge in [0, 0.05) is 38.0 Å². The Bertz CT molecular complexity index is 473. The van der Waals surface area contributed by atoms with Crippen LogP contribution in [0.1, 0.15) is 24.8 Å². The van der Waals surface area contributed by atoms with Gasteiger partial charge in [-0.05, 0) is 18.4 Å². The summed E-state index contributed by atoms with van der Waals surface area (Å²) >= 11 is 0. The number of hydrogen-bond donors (Lipinski definition) is 1. The first-order valence-electron chi connectivity index (χ1n) is 8.44. The van der Waals surface area contributed by atoms with Crippen LogP contribution in [0, 0.1) is 11.8 Å². The number of carbonyl (C=O) groups excluding carboxylic acids is 1. The van der Waals surface area contributed by atoms with Gasteiger partial charge in [-0.2, -0.15) is 0 Å². The summed E-state index contributed by atoms with van der Waals surface area (Å²) in [6.07, 6.45) is 3.38. The second-order valence-electron chi connectivity index (χ2n) is 6.48. The molecule has 22 heavy (non-hydrogen) atoms. The van der Waals surface area contributed by atoms with Gasteiger partial charge in [-0.3, -0.25) is 4.79 Å². The summed E-state index contributed by atoms with van der Waals surface area (Å²) in [7, 11) is 0. The first-order valence-corrected chi connectivity index (χ1v) is 8.44. The molecule has 1 amide bonds. The van der Waals surface area contributed by atoms with Gasteiger partial charge in [0.25, 0.3) is 0 Å². The zero-order valence-corrected chi connectivity index (χ0v) is 13.2. The number of hydrogen-bond acceptors (Lipinski definition) is 3. The molecule has 1 aromatic carbocycles. The van der Waals surface area contributed by atoms with E-state index in [0.29, 0.717) is 31.0 Å². The summed E-state index contributed by atoms with van der Waals surface area (Å²) in [6, 6.07) is 10.2. The molecule has 1 aromatic rings. The second-order valence-corrected chi connectivity index (χ2v) is 6.48. The maximum absolute atomic E-state index is 12.4. The van der Waals surface area contributed by atoms with Crippen LogP contribution in [0.2, 0.25) is 0 Å². The monoisotopic (exact) mass is 302 g/mol. The molecule has 1 saturated carbocycles. The van der Waals surface area contributed by atoms with E-state index >= 15 is 0 Å². The molecule has 120 valence electrons. The number of nitrogens with one attached hydrogen (secondary N) is 1. The van der Waals surface area contributed by atoms with Crippen LogP contribution in [0.5, 0.6) is 0 Å². The van der Waals surface area contributed by atoms with Crippen LogP contribution in [0.3, 0.4) is 0 Å². The van der Waals surface area contributed by atoms with E-state index in [1.54, 1.807) is 0 Å². The molecule has 0 bridgehead atoms. The van der Waals surface area contributed by atoms with E-state index in [-0.39, 0.29) is 0 Å². The molecular formula is C18H26N2O2. The summed E-state index contributed by atoms with van der Waals surface area (Å²) < 4.78 is 5.87. The number of amides is 1. The molecule has 4 heteroatoms. The van der Waals surface area contributed by atoms with Crippen molar-refractivity contribution in [3.63, 3.8) is 0 Å². The van der Waals surface area contributed by atoms with Gasteiger partial charge in [-0.15, -0.1) is 0 Å². The quantitative estimate of drug-likeness (QED) is 0.905. The summed E-state index contributed by atoms with van der Waals surface area (Å²) in [5, 5.41) is 3.43. The third-order valence-electron chi connectivity index (χ3n) is 4.70. The van der Waals surface area contributed by atoms with Crippen LogP contribution in [-0.2, 0) is 16.1 Å². The summed E-state index contributed by atoms with van der Waals surface area (Å²) in [5.74, 6) is 1.04. The van der Waals surface area contributed by atoms with E-state index in [4.69, 9.17) is 4.74 Å². The molecule has 0 unspecified atom stereocenters. The molecule has 2 aliphatic rings. The fourth-order valence-electron chi connectivity index (χ4n) is 3.13. The maximum Gasteiger partial charge on any atom is 0.225 e. The lowest BCUT2D eigenvalue weighted by Crippen LogP contribution is -2.42. The number of rotatable bonds is 5. The van der Waals surface area contributed by atoms with Gasteiger partial charge >= 0.3 is 0 Å². The Balaban J connectivity index is 1.46. The van der Waals surface area contributed by atoms with Crippen LogP contribution in [0.15, 0.2) is 30.3 Å². The number of carbonyl (C=O) groups is 1. The van der Waals surface area contributed by atoms with E-state index in [1.807, 2.05) is 18.2 Å². The molecule has 0 spiro atoms. The maximum atomic E-state index is 12.4. The molecule has 4 nitrogen and oxygen atoms in total. The number of benzene rings is 1. The third kappa shape index (κ3) is 4.08. The van der Waals surface area contributed by atoms with E-state index in [2.05, 4.69) is 22.3 Å². The van der Waals surface area contributed by atoms with Crippen LogP contribution in [-0.4, -0.2) is 43.6 Å². The molecule has 1 heterocycles. The lowest BCUT2D eigenvalue weighted by molar-refractivity contribution is -0.138. The Hall–Kier alpha value is -1.39. The lowest BCUT2D eigenvalue weighted by Gasteiger charge is -2.32.